The quantitative estimate of drug-likeness (QED) is 0.643. The molecule has 2 heterocycles. The number of hydrogen-bond acceptors (Lipinski definition) is 6. The minimum Gasteiger partial charge on any atom is -0.462 e. The van der Waals surface area contributed by atoms with Crippen molar-refractivity contribution < 1.29 is 31.5 Å². The van der Waals surface area contributed by atoms with Gasteiger partial charge in [-0.1, -0.05) is 0 Å². The van der Waals surface area contributed by atoms with Crippen molar-refractivity contribution in [2.45, 2.75) is 18.7 Å². The Morgan fingerprint density at radius 2 is 1.77 bits per heavy atom. The number of nitrogens with zero attached hydrogens (tertiary/aromatic N) is 3. The first kappa shape index (κ1) is 22.8. The number of aryl methyl sites for hydroxylation is 1. The summed E-state index contributed by atoms with van der Waals surface area (Å²) in [6, 6.07) is 5.16. The largest absolute Gasteiger partial charge is 0.462 e. The molecule has 1 aliphatic rings. The number of carbonyl (C=O) groups is 2. The first-order chi connectivity index (χ1) is 14.6. The molecule has 1 amide bonds. The second kappa shape index (κ2) is 9.06. The number of amides is 1. The highest BCUT2D eigenvalue weighted by atomic mass is 32.2. The molecule has 0 radical (unpaired) electrons. The van der Waals surface area contributed by atoms with E-state index in [4.69, 9.17) is 4.74 Å². The van der Waals surface area contributed by atoms with E-state index in [-0.39, 0.29) is 44.0 Å². The van der Waals surface area contributed by atoms with Crippen molar-refractivity contribution in [1.82, 2.24) is 14.2 Å². The third kappa shape index (κ3) is 4.72. The van der Waals surface area contributed by atoms with Crippen LogP contribution < -0.4 is 0 Å². The zero-order chi connectivity index (χ0) is 22.8. The van der Waals surface area contributed by atoms with Crippen LogP contribution in [0.5, 0.6) is 0 Å². The number of carbonyl (C=O) groups excluding carboxylic acids is 2. The van der Waals surface area contributed by atoms with Crippen molar-refractivity contribution in [3.63, 3.8) is 0 Å². The second-order valence-corrected chi connectivity index (χ2v) is 8.73. The lowest BCUT2D eigenvalue weighted by molar-refractivity contribution is 0.0523. The van der Waals surface area contributed by atoms with Crippen LogP contribution in [0.4, 0.5) is 8.78 Å². The second-order valence-electron chi connectivity index (χ2n) is 6.82. The van der Waals surface area contributed by atoms with Crippen LogP contribution in [0, 0.1) is 18.6 Å². The molecule has 0 saturated carbocycles. The summed E-state index contributed by atoms with van der Waals surface area (Å²) < 4.78 is 58.4. The highest BCUT2D eigenvalue weighted by molar-refractivity contribution is 7.89. The zero-order valence-electron chi connectivity index (χ0n) is 17.0. The average Bonchev–Trinajstić information content (AvgIpc) is 2.73. The number of rotatable bonds is 5. The van der Waals surface area contributed by atoms with E-state index < -0.39 is 38.4 Å². The van der Waals surface area contributed by atoms with Gasteiger partial charge in [0.05, 0.1) is 17.9 Å². The summed E-state index contributed by atoms with van der Waals surface area (Å²) in [5.74, 6) is -2.98. The van der Waals surface area contributed by atoms with Gasteiger partial charge in [0.15, 0.2) is 0 Å². The Labute approximate surface area is 178 Å². The molecule has 0 N–H and O–H groups in total. The van der Waals surface area contributed by atoms with Gasteiger partial charge in [-0.15, -0.1) is 0 Å². The number of benzene rings is 1. The number of piperazine rings is 1. The SMILES string of the molecule is CCOC(=O)c1ccc(C(=O)N2CCN(S(=O)(=O)c3ccc(F)cc3F)CC2)nc1C. The van der Waals surface area contributed by atoms with E-state index in [2.05, 4.69) is 4.98 Å². The zero-order valence-corrected chi connectivity index (χ0v) is 17.8. The number of pyridine rings is 1. The third-order valence-electron chi connectivity index (χ3n) is 4.84. The summed E-state index contributed by atoms with van der Waals surface area (Å²) in [6.45, 7) is 3.53. The molecule has 1 fully saturated rings. The fourth-order valence-corrected chi connectivity index (χ4v) is 4.69. The summed E-state index contributed by atoms with van der Waals surface area (Å²) in [5.41, 5.74) is 0.722. The minimum absolute atomic E-state index is 0.0508. The first-order valence-electron chi connectivity index (χ1n) is 9.54. The summed E-state index contributed by atoms with van der Waals surface area (Å²) in [5, 5.41) is 0. The van der Waals surface area contributed by atoms with Crippen LogP contribution in [0.15, 0.2) is 35.2 Å². The lowest BCUT2D eigenvalue weighted by Crippen LogP contribution is -2.50. The molecule has 1 aromatic heterocycles. The van der Waals surface area contributed by atoms with Gasteiger partial charge in [0, 0.05) is 32.2 Å². The first-order valence-corrected chi connectivity index (χ1v) is 11.0. The molecule has 0 spiro atoms. The Morgan fingerprint density at radius 1 is 1.10 bits per heavy atom. The lowest BCUT2D eigenvalue weighted by Gasteiger charge is -2.33. The molecule has 0 aliphatic carbocycles. The van der Waals surface area contributed by atoms with Gasteiger partial charge in [-0.2, -0.15) is 4.31 Å². The van der Waals surface area contributed by atoms with Crippen LogP contribution in [-0.2, 0) is 14.8 Å². The summed E-state index contributed by atoms with van der Waals surface area (Å²) in [6.07, 6.45) is 0. The molecular formula is C20H21F2N3O5S. The number of sulfonamides is 1. The summed E-state index contributed by atoms with van der Waals surface area (Å²) >= 11 is 0. The highest BCUT2D eigenvalue weighted by Gasteiger charge is 2.32. The van der Waals surface area contributed by atoms with Crippen LogP contribution in [0.1, 0.15) is 33.5 Å². The van der Waals surface area contributed by atoms with E-state index in [1.807, 2.05) is 0 Å². The Kier molecular flexibility index (Phi) is 6.65. The summed E-state index contributed by atoms with van der Waals surface area (Å²) in [7, 11) is -4.16. The maximum atomic E-state index is 14.0. The molecule has 3 rings (SSSR count). The molecule has 1 aliphatic heterocycles. The Balaban J connectivity index is 1.70. The predicted octanol–water partition coefficient (Wildman–Crippen LogP) is 1.99. The minimum atomic E-state index is -4.16. The van der Waals surface area contributed by atoms with Crippen LogP contribution >= 0.6 is 0 Å². The van der Waals surface area contributed by atoms with Crippen LogP contribution in [0.2, 0.25) is 0 Å². The van der Waals surface area contributed by atoms with Crippen molar-refractivity contribution in [3.8, 4) is 0 Å². The van der Waals surface area contributed by atoms with E-state index >= 15 is 0 Å². The van der Waals surface area contributed by atoms with Crippen LogP contribution in [0.3, 0.4) is 0 Å². The molecule has 1 aromatic carbocycles. The van der Waals surface area contributed by atoms with Crippen molar-refractivity contribution in [3.05, 3.63) is 58.9 Å². The van der Waals surface area contributed by atoms with Gasteiger partial charge in [0.25, 0.3) is 5.91 Å². The van der Waals surface area contributed by atoms with Gasteiger partial charge in [-0.05, 0) is 38.1 Å². The monoisotopic (exact) mass is 453 g/mol. The summed E-state index contributed by atoms with van der Waals surface area (Å²) in [4.78, 5) is 29.6. The smallest absolute Gasteiger partial charge is 0.339 e. The number of hydrogen-bond donors (Lipinski definition) is 0. The van der Waals surface area contributed by atoms with E-state index in [0.717, 1.165) is 16.4 Å². The Morgan fingerprint density at radius 3 is 2.35 bits per heavy atom. The van der Waals surface area contributed by atoms with Crippen molar-refractivity contribution in [2.75, 3.05) is 32.8 Å². The van der Waals surface area contributed by atoms with Gasteiger partial charge in [0.1, 0.15) is 22.2 Å². The number of aromatic nitrogens is 1. The number of esters is 1. The average molecular weight is 453 g/mol. The molecule has 166 valence electrons. The fraction of sp³-hybridized carbons (Fsp3) is 0.350. The van der Waals surface area contributed by atoms with Gasteiger partial charge in [-0.3, -0.25) is 4.79 Å². The molecule has 8 nitrogen and oxygen atoms in total. The molecule has 1 saturated heterocycles. The van der Waals surface area contributed by atoms with Crippen LogP contribution in [0.25, 0.3) is 0 Å². The topological polar surface area (TPSA) is 96.9 Å². The van der Waals surface area contributed by atoms with Crippen molar-refractivity contribution in [1.29, 1.82) is 0 Å². The number of ether oxygens (including phenoxy) is 1. The molecule has 31 heavy (non-hydrogen) atoms. The molecular weight excluding hydrogens is 432 g/mol. The molecule has 2 aromatic rings. The number of halogens is 2. The Bertz CT molecular complexity index is 1120. The van der Waals surface area contributed by atoms with E-state index in [1.54, 1.807) is 13.8 Å². The standard InChI is InChI=1S/C20H21F2N3O5S/c1-3-30-20(27)15-5-6-17(23-13(15)2)19(26)24-8-10-25(11-9-24)31(28,29)18-7-4-14(21)12-16(18)22/h4-7,12H,3,8-11H2,1-2H3. The maximum Gasteiger partial charge on any atom is 0.339 e. The predicted molar refractivity (Wildman–Crippen MR) is 106 cm³/mol. The van der Waals surface area contributed by atoms with Gasteiger partial charge in [0.2, 0.25) is 10.0 Å². The molecule has 11 heteroatoms. The third-order valence-corrected chi connectivity index (χ3v) is 6.77. The fourth-order valence-electron chi connectivity index (χ4n) is 3.22. The van der Waals surface area contributed by atoms with Crippen LogP contribution in [-0.4, -0.2) is 67.3 Å². The molecule has 0 atom stereocenters. The van der Waals surface area contributed by atoms with E-state index in [9.17, 15) is 26.8 Å². The Hall–Kier alpha value is -2.92. The van der Waals surface area contributed by atoms with Crippen molar-refractivity contribution >= 4 is 21.9 Å². The molecule has 0 bridgehead atoms. The molecule has 0 unspecified atom stereocenters. The van der Waals surface area contributed by atoms with Gasteiger partial charge in [-0.25, -0.2) is 27.0 Å². The maximum absolute atomic E-state index is 14.0. The highest BCUT2D eigenvalue weighted by Crippen LogP contribution is 2.22. The normalized spacial score (nSPS) is 15.0. The van der Waals surface area contributed by atoms with Crippen molar-refractivity contribution in [2.24, 2.45) is 0 Å². The van der Waals surface area contributed by atoms with Gasteiger partial charge < -0.3 is 9.64 Å². The van der Waals surface area contributed by atoms with Gasteiger partial charge >= 0.3 is 5.97 Å². The lowest BCUT2D eigenvalue weighted by atomic mass is 10.1. The van der Waals surface area contributed by atoms with E-state index in [1.165, 1.54) is 17.0 Å². The van der Waals surface area contributed by atoms with E-state index in [0.29, 0.717) is 11.8 Å².